The Hall–Kier alpha value is -2.88. The minimum absolute atomic E-state index is 0.0787. The van der Waals surface area contributed by atoms with Gasteiger partial charge in [-0.2, -0.15) is 10.1 Å². The number of imidazole rings is 1. The van der Waals surface area contributed by atoms with E-state index in [4.69, 9.17) is 0 Å². The number of benzene rings is 1. The Morgan fingerprint density at radius 2 is 2.12 bits per heavy atom. The normalized spacial score (nSPS) is 11.7. The average molecular weight is 421 g/mol. The molecule has 2 aromatic heterocycles. The van der Waals surface area contributed by atoms with Crippen molar-refractivity contribution in [2.75, 3.05) is 5.43 Å². The Morgan fingerprint density at radius 1 is 1.38 bits per heavy atom. The molecular formula is C16H17BrN6O3. The van der Waals surface area contributed by atoms with Gasteiger partial charge in [0.25, 0.3) is 5.56 Å². The van der Waals surface area contributed by atoms with Crippen molar-refractivity contribution in [1.82, 2.24) is 19.1 Å². The van der Waals surface area contributed by atoms with Crippen LogP contribution in [0.1, 0.15) is 25.5 Å². The lowest BCUT2D eigenvalue weighted by molar-refractivity contribution is 0.474. The number of nitrogens with zero attached hydrogens (tertiary/aromatic N) is 4. The molecule has 0 saturated heterocycles. The maximum atomic E-state index is 12.2. The number of aromatic nitrogens is 4. The van der Waals surface area contributed by atoms with Crippen molar-refractivity contribution in [3.63, 3.8) is 0 Å². The molecular weight excluding hydrogens is 404 g/mol. The molecule has 0 amide bonds. The molecule has 0 bridgehead atoms. The van der Waals surface area contributed by atoms with Crippen LogP contribution in [-0.2, 0) is 7.05 Å². The molecule has 0 radical (unpaired) electrons. The van der Waals surface area contributed by atoms with Crippen LogP contribution in [0, 0.1) is 0 Å². The van der Waals surface area contributed by atoms with Crippen LogP contribution in [0.4, 0.5) is 5.95 Å². The zero-order valence-electron chi connectivity index (χ0n) is 14.3. The van der Waals surface area contributed by atoms with Crippen LogP contribution in [0.3, 0.4) is 0 Å². The fourth-order valence-corrected chi connectivity index (χ4v) is 2.95. The Balaban J connectivity index is 2.06. The number of aryl methyl sites for hydroxylation is 1. The van der Waals surface area contributed by atoms with Crippen molar-refractivity contribution in [2.45, 2.75) is 19.9 Å². The molecule has 136 valence electrons. The fraction of sp³-hybridized carbons (Fsp3) is 0.250. The summed E-state index contributed by atoms with van der Waals surface area (Å²) >= 11 is 3.33. The minimum Gasteiger partial charge on any atom is -0.507 e. The van der Waals surface area contributed by atoms with Crippen LogP contribution in [0.2, 0.25) is 0 Å². The third kappa shape index (κ3) is 3.15. The highest BCUT2D eigenvalue weighted by Gasteiger charge is 2.18. The highest BCUT2D eigenvalue weighted by molar-refractivity contribution is 9.10. The molecule has 0 atom stereocenters. The van der Waals surface area contributed by atoms with Gasteiger partial charge in [0, 0.05) is 23.1 Å². The summed E-state index contributed by atoms with van der Waals surface area (Å²) in [5.41, 5.74) is 2.78. The number of fused-ring (bicyclic) bond motifs is 1. The number of hydrogen-bond acceptors (Lipinski definition) is 6. The van der Waals surface area contributed by atoms with Crippen molar-refractivity contribution in [2.24, 2.45) is 12.1 Å². The maximum absolute atomic E-state index is 12.2. The van der Waals surface area contributed by atoms with Crippen LogP contribution in [0.15, 0.2) is 37.4 Å². The molecule has 0 aliphatic heterocycles. The Labute approximate surface area is 156 Å². The molecule has 1 aromatic carbocycles. The van der Waals surface area contributed by atoms with E-state index in [-0.39, 0.29) is 23.0 Å². The summed E-state index contributed by atoms with van der Waals surface area (Å²) in [5, 5.41) is 13.9. The van der Waals surface area contributed by atoms with Gasteiger partial charge in [-0.25, -0.2) is 10.2 Å². The number of anilines is 1. The number of phenols is 1. The standard InChI is InChI=1S/C16H17BrN6O3/c1-8(2)23-12-13(22(3)16(26)20-14(12)25)19-15(23)21-18-7-9-6-10(17)4-5-11(9)24/h4-8,24H,1-3H3,(H,19,21)(H,20,25,26)/b18-7-. The van der Waals surface area contributed by atoms with E-state index in [0.29, 0.717) is 11.5 Å². The monoisotopic (exact) mass is 420 g/mol. The molecule has 0 aliphatic rings. The second-order valence-electron chi connectivity index (χ2n) is 5.96. The summed E-state index contributed by atoms with van der Waals surface area (Å²) in [6.07, 6.45) is 1.44. The number of H-pyrrole nitrogens is 1. The molecule has 26 heavy (non-hydrogen) atoms. The number of hydrogen-bond donors (Lipinski definition) is 3. The van der Waals surface area contributed by atoms with Crippen molar-refractivity contribution in [3.05, 3.63) is 49.1 Å². The first kappa shape index (κ1) is 17.9. The molecule has 0 fully saturated rings. The van der Waals surface area contributed by atoms with E-state index < -0.39 is 11.2 Å². The molecule has 3 N–H and O–H groups in total. The molecule has 0 unspecified atom stereocenters. The second kappa shape index (κ2) is 6.79. The third-order valence-corrected chi connectivity index (χ3v) is 4.32. The van der Waals surface area contributed by atoms with Crippen LogP contribution in [-0.4, -0.2) is 30.4 Å². The first-order chi connectivity index (χ1) is 12.3. The van der Waals surface area contributed by atoms with Crippen molar-refractivity contribution in [3.8, 4) is 5.75 Å². The number of nitrogens with one attached hydrogen (secondary N) is 2. The number of hydrazone groups is 1. The summed E-state index contributed by atoms with van der Waals surface area (Å²) in [6.45, 7) is 3.78. The molecule has 2 heterocycles. The maximum Gasteiger partial charge on any atom is 0.329 e. The van der Waals surface area contributed by atoms with Gasteiger partial charge in [0.2, 0.25) is 5.95 Å². The van der Waals surface area contributed by atoms with E-state index in [1.54, 1.807) is 22.8 Å². The zero-order valence-corrected chi connectivity index (χ0v) is 15.9. The highest BCUT2D eigenvalue weighted by atomic mass is 79.9. The highest BCUT2D eigenvalue weighted by Crippen LogP contribution is 2.22. The summed E-state index contributed by atoms with van der Waals surface area (Å²) in [4.78, 5) is 30.6. The Morgan fingerprint density at radius 3 is 2.81 bits per heavy atom. The van der Waals surface area contributed by atoms with Gasteiger partial charge >= 0.3 is 5.69 Å². The van der Waals surface area contributed by atoms with Gasteiger partial charge in [0.1, 0.15) is 5.75 Å². The van der Waals surface area contributed by atoms with E-state index in [1.807, 2.05) is 13.8 Å². The summed E-state index contributed by atoms with van der Waals surface area (Å²) in [5.74, 6) is 0.391. The summed E-state index contributed by atoms with van der Waals surface area (Å²) in [7, 11) is 1.53. The first-order valence-electron chi connectivity index (χ1n) is 7.78. The third-order valence-electron chi connectivity index (χ3n) is 3.82. The largest absolute Gasteiger partial charge is 0.507 e. The van der Waals surface area contributed by atoms with Gasteiger partial charge in [0.15, 0.2) is 11.2 Å². The van der Waals surface area contributed by atoms with Gasteiger partial charge < -0.3 is 9.67 Å². The Kier molecular flexibility index (Phi) is 4.68. The van der Waals surface area contributed by atoms with E-state index in [2.05, 4.69) is 36.4 Å². The average Bonchev–Trinajstić information content (AvgIpc) is 2.96. The van der Waals surface area contributed by atoms with Crippen molar-refractivity contribution >= 4 is 39.3 Å². The number of aromatic hydroxyl groups is 1. The summed E-state index contributed by atoms with van der Waals surface area (Å²) in [6, 6.07) is 4.87. The number of rotatable bonds is 4. The lowest BCUT2D eigenvalue weighted by Crippen LogP contribution is -2.29. The molecule has 0 spiro atoms. The molecule has 3 rings (SSSR count). The predicted octanol–water partition coefficient (Wildman–Crippen LogP) is 1.92. The fourth-order valence-electron chi connectivity index (χ4n) is 2.57. The minimum atomic E-state index is -0.537. The quantitative estimate of drug-likeness (QED) is 0.440. The number of phenolic OH excluding ortho intramolecular Hbond substituents is 1. The van der Waals surface area contributed by atoms with E-state index >= 15 is 0 Å². The molecule has 0 aliphatic carbocycles. The predicted molar refractivity (Wildman–Crippen MR) is 103 cm³/mol. The lowest BCUT2D eigenvalue weighted by Gasteiger charge is -2.11. The van der Waals surface area contributed by atoms with Crippen LogP contribution < -0.4 is 16.7 Å². The van der Waals surface area contributed by atoms with Gasteiger partial charge in [-0.1, -0.05) is 15.9 Å². The lowest BCUT2D eigenvalue weighted by atomic mass is 10.2. The second-order valence-corrected chi connectivity index (χ2v) is 6.88. The van der Waals surface area contributed by atoms with Gasteiger partial charge in [-0.15, -0.1) is 0 Å². The van der Waals surface area contributed by atoms with E-state index in [1.165, 1.54) is 17.8 Å². The molecule has 10 heteroatoms. The van der Waals surface area contributed by atoms with Crippen molar-refractivity contribution < 1.29 is 5.11 Å². The Bertz CT molecular complexity index is 1130. The number of halogens is 1. The van der Waals surface area contributed by atoms with E-state index in [0.717, 1.165) is 4.47 Å². The van der Waals surface area contributed by atoms with Crippen LogP contribution >= 0.6 is 15.9 Å². The van der Waals surface area contributed by atoms with Gasteiger partial charge in [-0.05, 0) is 32.0 Å². The first-order valence-corrected chi connectivity index (χ1v) is 8.57. The molecule has 0 saturated carbocycles. The zero-order chi connectivity index (χ0) is 19.0. The molecule has 3 aromatic rings. The SMILES string of the molecule is CC(C)n1c(N/N=C\c2cc(Br)ccc2O)nc2c1c(=O)[nH]c(=O)n2C. The number of aromatic amines is 1. The van der Waals surface area contributed by atoms with Crippen LogP contribution in [0.25, 0.3) is 11.2 Å². The molecule has 9 nitrogen and oxygen atoms in total. The smallest absolute Gasteiger partial charge is 0.329 e. The summed E-state index contributed by atoms with van der Waals surface area (Å²) < 4.78 is 3.73. The van der Waals surface area contributed by atoms with Gasteiger partial charge in [0.05, 0.1) is 6.21 Å². The topological polar surface area (TPSA) is 117 Å². The van der Waals surface area contributed by atoms with Gasteiger partial charge in [-0.3, -0.25) is 14.3 Å². The van der Waals surface area contributed by atoms with Crippen molar-refractivity contribution in [1.29, 1.82) is 0 Å². The van der Waals surface area contributed by atoms with Crippen LogP contribution in [0.5, 0.6) is 5.75 Å². The van der Waals surface area contributed by atoms with E-state index in [9.17, 15) is 14.7 Å².